The van der Waals surface area contributed by atoms with Crippen molar-refractivity contribution in [2.24, 2.45) is 0 Å². The standard InChI is InChI=1S/C37H26N2/c1-25-30(13-8-24-38-25)26-15-19-28(20-16-26)36-31-9-2-4-11-33(31)37(34-12-5-3-10-32(34)36)29-21-17-27(18-22-29)35-14-6-7-23-39-35/h2-24H,1H3. The molecule has 0 N–H and O–H groups in total. The van der Waals surface area contributed by atoms with Gasteiger partial charge in [0.05, 0.1) is 5.69 Å². The lowest BCUT2D eigenvalue weighted by Crippen LogP contribution is -1.91. The van der Waals surface area contributed by atoms with Crippen molar-refractivity contribution in [1.29, 1.82) is 0 Å². The van der Waals surface area contributed by atoms with Crippen LogP contribution in [0.2, 0.25) is 0 Å². The highest BCUT2D eigenvalue weighted by molar-refractivity contribution is 6.21. The highest BCUT2D eigenvalue weighted by Crippen LogP contribution is 2.44. The van der Waals surface area contributed by atoms with E-state index in [0.29, 0.717) is 0 Å². The topological polar surface area (TPSA) is 25.8 Å². The molecule has 0 amide bonds. The van der Waals surface area contributed by atoms with Crippen molar-refractivity contribution in [3.63, 3.8) is 0 Å². The molecule has 0 aliphatic rings. The number of benzene rings is 5. The van der Waals surface area contributed by atoms with Gasteiger partial charge >= 0.3 is 0 Å². The van der Waals surface area contributed by atoms with Gasteiger partial charge in [-0.05, 0) is 74.5 Å². The molecule has 7 aromatic rings. The van der Waals surface area contributed by atoms with Gasteiger partial charge in [0.25, 0.3) is 0 Å². The van der Waals surface area contributed by atoms with Gasteiger partial charge < -0.3 is 0 Å². The number of pyridine rings is 2. The molecule has 2 nitrogen and oxygen atoms in total. The molecule has 0 unspecified atom stereocenters. The molecule has 0 fully saturated rings. The number of aryl methyl sites for hydroxylation is 1. The first-order valence-electron chi connectivity index (χ1n) is 13.3. The maximum Gasteiger partial charge on any atom is 0.0701 e. The Morgan fingerprint density at radius 2 is 0.846 bits per heavy atom. The molecule has 0 spiro atoms. The van der Waals surface area contributed by atoms with Crippen molar-refractivity contribution < 1.29 is 0 Å². The molecule has 0 radical (unpaired) electrons. The summed E-state index contributed by atoms with van der Waals surface area (Å²) >= 11 is 0. The molecule has 0 atom stereocenters. The molecular weight excluding hydrogens is 472 g/mol. The van der Waals surface area contributed by atoms with Crippen LogP contribution in [0.1, 0.15) is 5.69 Å². The zero-order valence-corrected chi connectivity index (χ0v) is 21.7. The lowest BCUT2D eigenvalue weighted by Gasteiger charge is -2.18. The summed E-state index contributed by atoms with van der Waals surface area (Å²) in [6.45, 7) is 2.06. The van der Waals surface area contributed by atoms with Crippen LogP contribution in [0, 0.1) is 6.92 Å². The molecular formula is C37H26N2. The number of fused-ring (bicyclic) bond motifs is 2. The fraction of sp³-hybridized carbons (Fsp3) is 0.0270. The second-order valence-corrected chi connectivity index (χ2v) is 9.85. The minimum atomic E-state index is 0.985. The quantitative estimate of drug-likeness (QED) is 0.226. The lowest BCUT2D eigenvalue weighted by atomic mass is 9.85. The van der Waals surface area contributed by atoms with E-state index < -0.39 is 0 Å². The van der Waals surface area contributed by atoms with E-state index in [2.05, 4.69) is 126 Å². The van der Waals surface area contributed by atoms with E-state index >= 15 is 0 Å². The largest absolute Gasteiger partial charge is 0.261 e. The maximum absolute atomic E-state index is 4.52. The fourth-order valence-electron chi connectivity index (χ4n) is 5.70. The van der Waals surface area contributed by atoms with Crippen LogP contribution < -0.4 is 0 Å². The second kappa shape index (κ2) is 9.66. The molecule has 7 rings (SSSR count). The molecule has 0 aliphatic heterocycles. The van der Waals surface area contributed by atoms with Crippen molar-refractivity contribution in [2.75, 3.05) is 0 Å². The molecule has 0 saturated heterocycles. The molecule has 2 heteroatoms. The predicted molar refractivity (Wildman–Crippen MR) is 164 cm³/mol. The van der Waals surface area contributed by atoms with Gasteiger partial charge in [0, 0.05) is 29.2 Å². The number of hydrogen-bond acceptors (Lipinski definition) is 2. The number of hydrogen-bond donors (Lipinski definition) is 0. The third-order valence-electron chi connectivity index (χ3n) is 7.56. The van der Waals surface area contributed by atoms with Gasteiger partial charge in [-0.25, -0.2) is 0 Å². The molecule has 2 heterocycles. The average molecular weight is 499 g/mol. The van der Waals surface area contributed by atoms with Crippen LogP contribution in [0.3, 0.4) is 0 Å². The van der Waals surface area contributed by atoms with Crippen molar-refractivity contribution in [2.45, 2.75) is 6.92 Å². The van der Waals surface area contributed by atoms with Gasteiger partial charge in [-0.3, -0.25) is 9.97 Å². The Bertz CT molecular complexity index is 1880. The zero-order chi connectivity index (χ0) is 26.2. The molecule has 0 saturated carbocycles. The SMILES string of the molecule is Cc1ncccc1-c1ccc(-c2c3ccccc3c(-c3ccc(-c4ccccn4)cc3)c3ccccc23)cc1. The summed E-state index contributed by atoms with van der Waals surface area (Å²) in [5.41, 5.74) is 10.4. The summed E-state index contributed by atoms with van der Waals surface area (Å²) in [6, 6.07) is 45.5. The Labute approximate surface area is 228 Å². The van der Waals surface area contributed by atoms with Crippen molar-refractivity contribution in [3.8, 4) is 44.6 Å². The van der Waals surface area contributed by atoms with E-state index in [4.69, 9.17) is 0 Å². The van der Waals surface area contributed by atoms with Crippen LogP contribution in [-0.4, -0.2) is 9.97 Å². The Balaban J connectivity index is 1.42. The first-order valence-corrected chi connectivity index (χ1v) is 13.3. The van der Waals surface area contributed by atoms with Crippen molar-refractivity contribution in [3.05, 3.63) is 145 Å². The van der Waals surface area contributed by atoms with Gasteiger partial charge in [-0.15, -0.1) is 0 Å². The molecule has 39 heavy (non-hydrogen) atoms. The van der Waals surface area contributed by atoms with Crippen LogP contribution >= 0.6 is 0 Å². The second-order valence-electron chi connectivity index (χ2n) is 9.85. The third kappa shape index (κ3) is 4.07. The van der Waals surface area contributed by atoms with Gasteiger partial charge in [0.1, 0.15) is 0 Å². The minimum Gasteiger partial charge on any atom is -0.261 e. The smallest absolute Gasteiger partial charge is 0.0701 e. The summed E-state index contributed by atoms with van der Waals surface area (Å²) in [6.07, 6.45) is 3.69. The average Bonchev–Trinajstić information content (AvgIpc) is 3.01. The van der Waals surface area contributed by atoms with Crippen molar-refractivity contribution >= 4 is 21.5 Å². The summed E-state index contributed by atoms with van der Waals surface area (Å²) < 4.78 is 0. The first-order chi connectivity index (χ1) is 19.3. The summed E-state index contributed by atoms with van der Waals surface area (Å²) in [7, 11) is 0. The minimum absolute atomic E-state index is 0.985. The van der Waals surface area contributed by atoms with Gasteiger partial charge in [0.2, 0.25) is 0 Å². The molecule has 5 aromatic carbocycles. The Kier molecular flexibility index (Phi) is 5.71. The number of rotatable bonds is 4. The van der Waals surface area contributed by atoms with E-state index in [1.165, 1.54) is 54.9 Å². The normalized spacial score (nSPS) is 11.2. The third-order valence-corrected chi connectivity index (χ3v) is 7.56. The van der Waals surface area contributed by atoms with E-state index in [9.17, 15) is 0 Å². The van der Waals surface area contributed by atoms with Gasteiger partial charge in [0.15, 0.2) is 0 Å². The van der Waals surface area contributed by atoms with E-state index in [1.807, 2.05) is 30.6 Å². The summed E-state index contributed by atoms with van der Waals surface area (Å²) in [5, 5.41) is 5.02. The lowest BCUT2D eigenvalue weighted by molar-refractivity contribution is 1.20. The van der Waals surface area contributed by atoms with E-state index in [0.717, 1.165) is 17.0 Å². The van der Waals surface area contributed by atoms with Gasteiger partial charge in [-0.2, -0.15) is 0 Å². The molecule has 184 valence electrons. The number of aromatic nitrogens is 2. The molecule has 2 aromatic heterocycles. The molecule has 0 bridgehead atoms. The molecule has 0 aliphatic carbocycles. The Hall–Kier alpha value is -5.08. The zero-order valence-electron chi connectivity index (χ0n) is 21.7. The Morgan fingerprint density at radius 3 is 1.33 bits per heavy atom. The predicted octanol–water partition coefficient (Wildman–Crippen LogP) is 9.76. The van der Waals surface area contributed by atoms with Crippen LogP contribution in [0.25, 0.3) is 66.2 Å². The Morgan fingerprint density at radius 1 is 0.385 bits per heavy atom. The van der Waals surface area contributed by atoms with E-state index in [1.54, 1.807) is 0 Å². The highest BCUT2D eigenvalue weighted by atomic mass is 14.7. The monoisotopic (exact) mass is 498 g/mol. The fourth-order valence-corrected chi connectivity index (χ4v) is 5.70. The highest BCUT2D eigenvalue weighted by Gasteiger charge is 2.16. The maximum atomic E-state index is 4.52. The summed E-state index contributed by atoms with van der Waals surface area (Å²) in [5.74, 6) is 0. The van der Waals surface area contributed by atoms with E-state index in [-0.39, 0.29) is 0 Å². The van der Waals surface area contributed by atoms with Crippen molar-refractivity contribution in [1.82, 2.24) is 9.97 Å². The van der Waals surface area contributed by atoms with Crippen LogP contribution in [0.15, 0.2) is 140 Å². The summed E-state index contributed by atoms with van der Waals surface area (Å²) in [4.78, 5) is 9.00. The van der Waals surface area contributed by atoms with Crippen LogP contribution in [0.5, 0.6) is 0 Å². The first kappa shape index (κ1) is 23.1. The number of nitrogens with zero attached hydrogens (tertiary/aromatic N) is 2. The van der Waals surface area contributed by atoms with Crippen LogP contribution in [0.4, 0.5) is 0 Å². The van der Waals surface area contributed by atoms with Crippen LogP contribution in [-0.2, 0) is 0 Å². The van der Waals surface area contributed by atoms with Gasteiger partial charge in [-0.1, -0.05) is 109 Å².